The van der Waals surface area contributed by atoms with Crippen LogP contribution in [0, 0.1) is 34.0 Å². The van der Waals surface area contributed by atoms with Crippen molar-refractivity contribution < 1.29 is 33.7 Å². The fourth-order valence-corrected chi connectivity index (χ4v) is 9.10. The van der Waals surface area contributed by atoms with Gasteiger partial charge in [0, 0.05) is 86.3 Å². The minimum absolute atomic E-state index is 0.0144. The molecule has 0 aromatic heterocycles. The number of nitriles is 3. The number of carbonyl (C=O) groups is 3. The van der Waals surface area contributed by atoms with E-state index in [1.807, 2.05) is 48.5 Å². The predicted octanol–water partition coefficient (Wildman–Crippen LogP) is 8.82. The molecule has 382 valence electrons. The van der Waals surface area contributed by atoms with Gasteiger partial charge in [-0.15, -0.1) is 0 Å². The lowest BCUT2D eigenvalue weighted by atomic mass is 9.98. The molecule has 0 bridgehead atoms. The van der Waals surface area contributed by atoms with E-state index >= 15 is 0 Å². The van der Waals surface area contributed by atoms with E-state index in [1.54, 1.807) is 54.6 Å². The Bertz CT molecular complexity index is 3480. The molecular formula is C56H45Cl3N10O7. The van der Waals surface area contributed by atoms with E-state index in [0.717, 1.165) is 39.3 Å². The number of hydrogen-bond donors (Lipinski definition) is 4. The number of amides is 3. The molecule has 20 heteroatoms. The molecule has 76 heavy (non-hydrogen) atoms. The molecule has 6 aromatic rings. The number of nitrogens with zero attached hydrogens (tertiary/aromatic N) is 7. The summed E-state index contributed by atoms with van der Waals surface area (Å²) in [5.74, 6) is -0.114. The Morgan fingerprint density at radius 2 is 0.974 bits per heavy atom. The molecule has 1 saturated heterocycles. The van der Waals surface area contributed by atoms with Crippen molar-refractivity contribution in [3.05, 3.63) is 174 Å². The first-order chi connectivity index (χ1) is 36.9. The molecule has 0 saturated carbocycles. The Labute approximate surface area is 452 Å². The van der Waals surface area contributed by atoms with Gasteiger partial charge in [-0.25, -0.2) is 0 Å². The van der Waals surface area contributed by atoms with Crippen molar-refractivity contribution in [3.8, 4) is 35.5 Å². The van der Waals surface area contributed by atoms with Crippen LogP contribution in [0.3, 0.4) is 0 Å². The highest BCUT2D eigenvalue weighted by atomic mass is 35.5. The summed E-state index contributed by atoms with van der Waals surface area (Å²) < 4.78 is 16.5. The molecule has 0 atom stereocenters. The van der Waals surface area contributed by atoms with Crippen LogP contribution in [0.1, 0.15) is 56.5 Å². The zero-order valence-electron chi connectivity index (χ0n) is 40.6. The van der Waals surface area contributed by atoms with Crippen molar-refractivity contribution in [2.75, 3.05) is 82.1 Å². The number of phenolic OH excluding ortho intramolecular Hbond substituents is 1. The molecule has 3 amide bonds. The highest BCUT2D eigenvalue weighted by Crippen LogP contribution is 2.35. The van der Waals surface area contributed by atoms with Crippen LogP contribution in [0.2, 0.25) is 15.1 Å². The average molecular weight is 1080 g/mol. The van der Waals surface area contributed by atoms with Gasteiger partial charge in [0.1, 0.15) is 55.1 Å². The van der Waals surface area contributed by atoms with E-state index in [9.17, 15) is 30.0 Å². The van der Waals surface area contributed by atoms with Gasteiger partial charge in [0.15, 0.2) is 0 Å². The van der Waals surface area contributed by atoms with E-state index in [0.29, 0.717) is 112 Å². The smallest absolute Gasteiger partial charge is 0.246 e. The number of nitrogens with one attached hydrogen (secondary N) is 3. The highest BCUT2D eigenvalue weighted by molar-refractivity contribution is 6.37. The van der Waals surface area contributed by atoms with Gasteiger partial charge in [-0.2, -0.15) is 15.8 Å². The molecule has 6 aromatic carbocycles. The number of carbonyl (C=O) groups excluding carboxylic acids is 3. The highest BCUT2D eigenvalue weighted by Gasteiger charge is 2.25. The summed E-state index contributed by atoms with van der Waals surface area (Å²) in [5, 5.41) is 47.8. The second kappa shape index (κ2) is 25.1. The monoisotopic (exact) mass is 1070 g/mol. The Hall–Kier alpha value is -8.60. The van der Waals surface area contributed by atoms with E-state index < -0.39 is 0 Å². The first kappa shape index (κ1) is 53.7. The summed E-state index contributed by atoms with van der Waals surface area (Å²) in [7, 11) is 1.48. The Balaban J connectivity index is 0.000000154. The van der Waals surface area contributed by atoms with Crippen LogP contribution in [0.5, 0.6) is 17.2 Å². The summed E-state index contributed by atoms with van der Waals surface area (Å²) in [6, 6.07) is 37.5. The maximum Gasteiger partial charge on any atom is 0.246 e. The maximum atomic E-state index is 12.2. The van der Waals surface area contributed by atoms with Gasteiger partial charge in [-0.3, -0.25) is 34.3 Å². The van der Waals surface area contributed by atoms with Crippen LogP contribution < -0.4 is 25.4 Å². The average Bonchev–Trinajstić information content (AvgIpc) is 3.78. The number of ether oxygens (including phenoxy) is 3. The molecule has 4 N–H and O–H groups in total. The summed E-state index contributed by atoms with van der Waals surface area (Å²) in [5.41, 5.74) is 7.95. The Kier molecular flexibility index (Phi) is 17.7. The van der Waals surface area contributed by atoms with Crippen molar-refractivity contribution in [3.63, 3.8) is 0 Å². The lowest BCUT2D eigenvalue weighted by Gasteiger charge is -2.26. The number of fused-ring (bicyclic) bond motifs is 3. The zero-order chi connectivity index (χ0) is 53.7. The third-order valence-electron chi connectivity index (χ3n) is 12.1. The number of aliphatic imine (C=N–C) groups is 3. The largest absolute Gasteiger partial charge is 0.506 e. The van der Waals surface area contributed by atoms with Crippen molar-refractivity contribution in [2.24, 2.45) is 15.0 Å². The van der Waals surface area contributed by atoms with Crippen LogP contribution in [0.4, 0.5) is 17.1 Å². The van der Waals surface area contributed by atoms with Crippen molar-refractivity contribution >= 4 is 86.7 Å². The second-order valence-corrected chi connectivity index (χ2v) is 18.2. The number of phenols is 1. The molecule has 0 radical (unpaired) electrons. The standard InChI is InChI=1S/C23H23ClN4O3.C17H12ClN3O2.C16H10ClN3O2/c24-19-5-2-1-4-17(19)23-18-12-16(14-25)21(13-20(18)27-22(29)15-26-23)31-9-3-6-28-7-10-30-11-8-28;1-23-15-7-14-12(6-10(15)8-19)17(20-9-16(22)21-14)11-4-2-3-5-13(11)18;17-12-4-2-1-3-10(12)16-11-5-9(7-18)14(21)6-13(11)20-15(22)8-19-16/h1-2,4-5,12-13H,3,6-11,15H2,(H,27,29);2-7H,9H2,1H3,(H,21,22);1-6,21H,8H2,(H,20,22). The first-order valence-electron chi connectivity index (χ1n) is 23.6. The van der Waals surface area contributed by atoms with E-state index in [-0.39, 0.29) is 48.7 Å². The van der Waals surface area contributed by atoms with Crippen LogP contribution >= 0.6 is 34.8 Å². The van der Waals surface area contributed by atoms with E-state index in [1.165, 1.54) is 19.2 Å². The fraction of sp³-hybridized carbons (Fsp3) is 0.196. The normalized spacial score (nSPS) is 14.6. The summed E-state index contributed by atoms with van der Waals surface area (Å²) in [6.45, 7) is 4.68. The fourth-order valence-electron chi connectivity index (χ4n) is 8.42. The van der Waals surface area contributed by atoms with Crippen molar-refractivity contribution in [2.45, 2.75) is 6.42 Å². The molecule has 17 nitrogen and oxygen atoms in total. The molecule has 10 rings (SSSR count). The SMILES string of the molecule is COc1cc2c(cc1C#N)C(c1ccccc1Cl)=NCC(=O)N2.N#Cc1cc2c(cc1O)NC(=O)CN=C2c1ccccc1Cl.N#Cc1cc2c(cc1OCCCN1CCOCC1)NC(=O)CN=C2c1ccccc1Cl. The van der Waals surface area contributed by atoms with Gasteiger partial charge in [0.2, 0.25) is 17.7 Å². The molecule has 0 aliphatic carbocycles. The number of rotatable bonds is 9. The minimum atomic E-state index is -0.299. The second-order valence-electron chi connectivity index (χ2n) is 17.0. The third-order valence-corrected chi connectivity index (χ3v) is 13.0. The molecule has 4 aliphatic heterocycles. The summed E-state index contributed by atoms with van der Waals surface area (Å²) >= 11 is 18.9. The summed E-state index contributed by atoms with van der Waals surface area (Å²) in [4.78, 5) is 51.4. The van der Waals surface area contributed by atoms with Crippen LogP contribution in [0.15, 0.2) is 124 Å². The van der Waals surface area contributed by atoms with Gasteiger partial charge in [0.25, 0.3) is 0 Å². The molecule has 4 heterocycles. The zero-order valence-corrected chi connectivity index (χ0v) is 42.9. The summed E-state index contributed by atoms with van der Waals surface area (Å²) in [6.07, 6.45) is 0.834. The Morgan fingerprint density at radius 1 is 0.579 bits per heavy atom. The van der Waals surface area contributed by atoms with Gasteiger partial charge < -0.3 is 35.3 Å². The predicted molar refractivity (Wildman–Crippen MR) is 291 cm³/mol. The number of anilines is 3. The maximum absolute atomic E-state index is 12.2. The van der Waals surface area contributed by atoms with Gasteiger partial charge >= 0.3 is 0 Å². The first-order valence-corrected chi connectivity index (χ1v) is 24.7. The third kappa shape index (κ3) is 12.7. The molecule has 0 unspecified atom stereocenters. The number of halogens is 3. The topological polar surface area (TPSA) is 247 Å². The number of benzene rings is 6. The quantitative estimate of drug-likeness (QED) is 0.0996. The number of hydrogen-bond acceptors (Lipinski definition) is 14. The van der Waals surface area contributed by atoms with Crippen LogP contribution in [-0.4, -0.2) is 111 Å². The van der Waals surface area contributed by atoms with Gasteiger partial charge in [-0.05, 0) is 42.8 Å². The van der Waals surface area contributed by atoms with Crippen molar-refractivity contribution in [1.82, 2.24) is 4.90 Å². The molecular weight excluding hydrogens is 1030 g/mol. The molecule has 4 aliphatic rings. The number of morpholine rings is 1. The number of aromatic hydroxyl groups is 1. The molecule has 0 spiro atoms. The lowest BCUT2D eigenvalue weighted by Crippen LogP contribution is -2.37. The number of benzodiazepines with no additional fused rings is 3. The lowest BCUT2D eigenvalue weighted by molar-refractivity contribution is -0.115. The number of methoxy groups -OCH3 is 1. The minimum Gasteiger partial charge on any atom is -0.506 e. The van der Waals surface area contributed by atoms with Gasteiger partial charge in [-0.1, -0.05) is 89.4 Å². The van der Waals surface area contributed by atoms with Crippen LogP contribution in [0.25, 0.3) is 0 Å². The van der Waals surface area contributed by atoms with Crippen LogP contribution in [-0.2, 0) is 19.1 Å². The van der Waals surface area contributed by atoms with E-state index in [4.69, 9.17) is 54.3 Å². The van der Waals surface area contributed by atoms with Crippen molar-refractivity contribution in [1.29, 1.82) is 15.8 Å². The molecule has 1 fully saturated rings. The van der Waals surface area contributed by atoms with Gasteiger partial charge in [0.05, 0.1) is 77.8 Å². The Morgan fingerprint density at radius 3 is 1.39 bits per heavy atom. The van der Waals surface area contributed by atoms with E-state index in [2.05, 4.69) is 48.0 Å².